The van der Waals surface area contributed by atoms with Crippen molar-refractivity contribution in [2.75, 3.05) is 18.2 Å². The molecule has 0 fully saturated rings. The summed E-state index contributed by atoms with van der Waals surface area (Å²) in [4.78, 5) is 10.8. The molecule has 2 aromatic rings. The van der Waals surface area contributed by atoms with Crippen LogP contribution in [0.4, 0.5) is 21.5 Å². The van der Waals surface area contributed by atoms with Crippen LogP contribution < -0.4 is 15.8 Å². The van der Waals surface area contributed by atoms with Gasteiger partial charge in [0, 0.05) is 22.3 Å². The van der Waals surface area contributed by atoms with E-state index in [0.717, 1.165) is 16.6 Å². The van der Waals surface area contributed by atoms with Gasteiger partial charge >= 0.3 is 5.97 Å². The van der Waals surface area contributed by atoms with E-state index in [0.29, 0.717) is 11.4 Å². The van der Waals surface area contributed by atoms with Crippen molar-refractivity contribution in [1.82, 2.24) is 0 Å². The fourth-order valence-corrected chi connectivity index (χ4v) is 2.24. The van der Waals surface area contributed by atoms with Gasteiger partial charge in [-0.2, -0.15) is 0 Å². The Kier molecular flexibility index (Phi) is 4.32. The summed E-state index contributed by atoms with van der Waals surface area (Å²) in [5.41, 5.74) is 6.31. The summed E-state index contributed by atoms with van der Waals surface area (Å²) in [6, 6.07) is 7.35. The molecule has 4 N–H and O–H groups in total. The van der Waals surface area contributed by atoms with Crippen molar-refractivity contribution in [1.29, 1.82) is 0 Å². The molecule has 0 aliphatic carbocycles. The molecule has 2 aromatic carbocycles. The van der Waals surface area contributed by atoms with Crippen molar-refractivity contribution in [2.45, 2.75) is 0 Å². The summed E-state index contributed by atoms with van der Waals surface area (Å²) >= 11 is 3.33. The number of rotatable bonds is 4. The molecule has 0 heterocycles. The number of carboxylic acid groups (broad SMARTS) is 1. The number of anilines is 3. The van der Waals surface area contributed by atoms with Crippen LogP contribution >= 0.6 is 15.9 Å². The van der Waals surface area contributed by atoms with Crippen LogP contribution in [0.5, 0.6) is 5.75 Å². The zero-order valence-electron chi connectivity index (χ0n) is 11.0. The molecule has 0 atom stereocenters. The average Bonchev–Trinajstić information content (AvgIpc) is 2.41. The molecule has 2 rings (SSSR count). The predicted molar refractivity (Wildman–Crippen MR) is 81.7 cm³/mol. The van der Waals surface area contributed by atoms with Gasteiger partial charge in [0.2, 0.25) is 0 Å². The van der Waals surface area contributed by atoms with Crippen molar-refractivity contribution in [3.05, 3.63) is 46.2 Å². The third-order valence-electron chi connectivity index (χ3n) is 2.76. The van der Waals surface area contributed by atoms with Crippen LogP contribution in [0.1, 0.15) is 10.4 Å². The van der Waals surface area contributed by atoms with Gasteiger partial charge < -0.3 is 20.9 Å². The highest BCUT2D eigenvalue weighted by Gasteiger charge is 2.14. The van der Waals surface area contributed by atoms with Crippen molar-refractivity contribution >= 4 is 39.0 Å². The summed E-state index contributed by atoms with van der Waals surface area (Å²) in [6.45, 7) is 0. The summed E-state index contributed by atoms with van der Waals surface area (Å²) < 4.78 is 19.6. The second-order valence-corrected chi connectivity index (χ2v) is 5.14. The molecular weight excluding hydrogens is 343 g/mol. The van der Waals surface area contributed by atoms with Gasteiger partial charge in [-0.15, -0.1) is 0 Å². The molecule has 0 saturated carbocycles. The Morgan fingerprint density at radius 2 is 2.05 bits per heavy atom. The molecule has 0 amide bonds. The Balaban J connectivity index is 2.38. The van der Waals surface area contributed by atoms with Crippen LogP contribution in [0.2, 0.25) is 0 Å². The summed E-state index contributed by atoms with van der Waals surface area (Å²) in [5, 5.41) is 11.8. The maximum absolute atomic E-state index is 13.7. The lowest BCUT2D eigenvalue weighted by Crippen LogP contribution is -2.05. The van der Waals surface area contributed by atoms with Crippen LogP contribution in [0.3, 0.4) is 0 Å². The highest BCUT2D eigenvalue weighted by atomic mass is 79.9. The van der Waals surface area contributed by atoms with Gasteiger partial charge in [-0.3, -0.25) is 0 Å². The van der Waals surface area contributed by atoms with Crippen LogP contribution in [0, 0.1) is 5.82 Å². The highest BCUT2D eigenvalue weighted by molar-refractivity contribution is 9.10. The highest BCUT2D eigenvalue weighted by Crippen LogP contribution is 2.30. The number of hydrogen-bond donors (Lipinski definition) is 3. The lowest BCUT2D eigenvalue weighted by Gasteiger charge is -2.12. The van der Waals surface area contributed by atoms with E-state index in [2.05, 4.69) is 21.2 Å². The smallest absolute Gasteiger partial charge is 0.338 e. The van der Waals surface area contributed by atoms with E-state index < -0.39 is 17.3 Å². The first-order valence-electron chi connectivity index (χ1n) is 5.84. The summed E-state index contributed by atoms with van der Waals surface area (Å²) in [5.74, 6) is -1.62. The second kappa shape index (κ2) is 6.01. The van der Waals surface area contributed by atoms with Crippen molar-refractivity contribution in [3.8, 4) is 5.75 Å². The minimum Gasteiger partial charge on any atom is -0.497 e. The molecule has 5 nitrogen and oxygen atoms in total. The summed E-state index contributed by atoms with van der Waals surface area (Å²) in [6.07, 6.45) is 0. The maximum atomic E-state index is 13.7. The molecule has 0 aliphatic heterocycles. The van der Waals surface area contributed by atoms with Gasteiger partial charge in [0.25, 0.3) is 0 Å². The molecule has 0 bridgehead atoms. The number of nitrogens with two attached hydrogens (primary N) is 1. The lowest BCUT2D eigenvalue weighted by molar-refractivity contribution is 0.0692. The fourth-order valence-electron chi connectivity index (χ4n) is 1.77. The third kappa shape index (κ3) is 3.43. The predicted octanol–water partition coefficient (Wildman–Crippen LogP) is 3.62. The average molecular weight is 355 g/mol. The minimum absolute atomic E-state index is 0.132. The third-order valence-corrected chi connectivity index (χ3v) is 3.21. The first-order valence-corrected chi connectivity index (χ1v) is 6.64. The number of ether oxygens (including phenoxy) is 1. The molecule has 0 aliphatic rings. The Morgan fingerprint density at radius 1 is 1.33 bits per heavy atom. The number of hydrogen-bond acceptors (Lipinski definition) is 4. The van der Waals surface area contributed by atoms with Crippen molar-refractivity contribution in [3.63, 3.8) is 0 Å². The first kappa shape index (κ1) is 15.1. The van der Waals surface area contributed by atoms with Crippen LogP contribution in [0.15, 0.2) is 34.8 Å². The molecule has 7 heteroatoms. The van der Waals surface area contributed by atoms with E-state index in [1.807, 2.05) is 0 Å². The van der Waals surface area contributed by atoms with Crippen LogP contribution in [-0.2, 0) is 0 Å². The SMILES string of the molecule is COc1cc(Br)cc(Nc2cc(F)c(C(=O)O)cc2N)c1. The van der Waals surface area contributed by atoms with E-state index in [9.17, 15) is 9.18 Å². The number of benzene rings is 2. The Labute approximate surface area is 128 Å². The van der Waals surface area contributed by atoms with E-state index in [1.54, 1.807) is 18.2 Å². The molecule has 0 radical (unpaired) electrons. The molecule has 110 valence electrons. The second-order valence-electron chi connectivity index (χ2n) is 4.23. The molecule has 0 spiro atoms. The topological polar surface area (TPSA) is 84.6 Å². The van der Waals surface area contributed by atoms with E-state index in [1.165, 1.54) is 7.11 Å². The summed E-state index contributed by atoms with van der Waals surface area (Å²) in [7, 11) is 1.53. The zero-order valence-corrected chi connectivity index (χ0v) is 12.6. The Morgan fingerprint density at radius 3 is 2.67 bits per heavy atom. The van der Waals surface area contributed by atoms with Crippen molar-refractivity contribution in [2.24, 2.45) is 0 Å². The van der Waals surface area contributed by atoms with Crippen molar-refractivity contribution < 1.29 is 19.0 Å². The Bertz CT molecular complexity index is 707. The number of methoxy groups -OCH3 is 1. The molecular formula is C14H12BrFN2O3. The number of nitrogens with one attached hydrogen (secondary N) is 1. The van der Waals surface area contributed by atoms with E-state index in [4.69, 9.17) is 15.6 Å². The fraction of sp³-hybridized carbons (Fsp3) is 0.0714. The van der Waals surface area contributed by atoms with Crippen LogP contribution in [0.25, 0.3) is 0 Å². The number of carbonyl (C=O) groups is 1. The van der Waals surface area contributed by atoms with E-state index in [-0.39, 0.29) is 11.4 Å². The first-order chi connectivity index (χ1) is 9.90. The number of carboxylic acids is 1. The van der Waals surface area contributed by atoms with Gasteiger partial charge in [0.05, 0.1) is 24.0 Å². The standard InChI is InChI=1S/C14H12BrFN2O3/c1-21-9-3-7(15)2-8(4-9)18-13-6-11(16)10(14(19)20)5-12(13)17/h2-6,18H,17H2,1H3,(H,19,20). The van der Waals surface area contributed by atoms with Gasteiger partial charge in [-0.05, 0) is 18.2 Å². The zero-order chi connectivity index (χ0) is 15.6. The molecule has 0 aromatic heterocycles. The molecule has 0 unspecified atom stereocenters. The monoisotopic (exact) mass is 354 g/mol. The quantitative estimate of drug-likeness (QED) is 0.730. The number of nitrogen functional groups attached to an aromatic ring is 1. The Hall–Kier alpha value is -2.28. The molecule has 0 saturated heterocycles. The van der Waals surface area contributed by atoms with Gasteiger partial charge in [-0.1, -0.05) is 15.9 Å². The normalized spacial score (nSPS) is 10.2. The van der Waals surface area contributed by atoms with E-state index >= 15 is 0 Å². The van der Waals surface area contributed by atoms with Crippen LogP contribution in [-0.4, -0.2) is 18.2 Å². The van der Waals surface area contributed by atoms with Gasteiger partial charge in [0.1, 0.15) is 11.6 Å². The largest absolute Gasteiger partial charge is 0.497 e. The molecule has 21 heavy (non-hydrogen) atoms. The lowest BCUT2D eigenvalue weighted by atomic mass is 10.1. The number of aromatic carboxylic acids is 1. The minimum atomic E-state index is -1.37. The maximum Gasteiger partial charge on any atom is 0.338 e. The number of halogens is 2. The van der Waals surface area contributed by atoms with Gasteiger partial charge in [0.15, 0.2) is 0 Å². The van der Waals surface area contributed by atoms with Gasteiger partial charge in [-0.25, -0.2) is 9.18 Å².